The molecule has 5 heteroatoms. The van der Waals surface area contributed by atoms with Crippen molar-refractivity contribution in [2.75, 3.05) is 27.2 Å². The number of hydrogen-bond acceptors (Lipinski definition) is 2. The van der Waals surface area contributed by atoms with E-state index in [1.165, 1.54) is 0 Å². The highest BCUT2D eigenvalue weighted by atomic mass is 19.4. The van der Waals surface area contributed by atoms with Crippen molar-refractivity contribution >= 4 is 0 Å². The number of nitrogens with one attached hydrogen (secondary N) is 1. The van der Waals surface area contributed by atoms with E-state index < -0.39 is 18.1 Å². The minimum Gasteiger partial charge on any atom is -0.313 e. The molecule has 14 heavy (non-hydrogen) atoms. The number of nitrogens with zero attached hydrogens (tertiary/aromatic N) is 1. The number of halogens is 3. The lowest BCUT2D eigenvalue weighted by Crippen LogP contribution is -2.37. The fourth-order valence-electron chi connectivity index (χ4n) is 1.86. The third-order valence-corrected chi connectivity index (χ3v) is 2.66. The second-order valence-electron chi connectivity index (χ2n) is 4.09. The van der Waals surface area contributed by atoms with Crippen molar-refractivity contribution < 1.29 is 13.2 Å². The number of hydrogen-bond donors (Lipinski definition) is 1. The van der Waals surface area contributed by atoms with E-state index >= 15 is 0 Å². The third-order valence-electron chi connectivity index (χ3n) is 2.66. The molecule has 0 amide bonds. The monoisotopic (exact) mass is 210 g/mol. The Kier molecular flexibility index (Phi) is 3.78. The molecular formula is C9H17F3N2. The second kappa shape index (κ2) is 4.49. The molecule has 1 N–H and O–H groups in total. The van der Waals surface area contributed by atoms with E-state index in [2.05, 4.69) is 5.32 Å². The molecule has 1 saturated heterocycles. The molecule has 0 bridgehead atoms. The molecule has 2 unspecified atom stereocenters. The molecule has 0 aromatic carbocycles. The smallest absolute Gasteiger partial charge is 0.313 e. The quantitative estimate of drug-likeness (QED) is 0.759. The van der Waals surface area contributed by atoms with E-state index in [4.69, 9.17) is 0 Å². The highest BCUT2D eigenvalue weighted by Gasteiger charge is 2.46. The van der Waals surface area contributed by atoms with E-state index in [1.807, 2.05) is 19.0 Å². The van der Waals surface area contributed by atoms with Crippen molar-refractivity contribution in [3.8, 4) is 0 Å². The van der Waals surface area contributed by atoms with Gasteiger partial charge in [0.1, 0.15) is 0 Å². The van der Waals surface area contributed by atoms with Gasteiger partial charge in [0.25, 0.3) is 0 Å². The first kappa shape index (κ1) is 11.8. The first-order valence-corrected chi connectivity index (χ1v) is 4.86. The molecule has 0 spiro atoms. The molecule has 1 fully saturated rings. The maximum absolute atomic E-state index is 12.5. The topological polar surface area (TPSA) is 15.3 Å². The van der Waals surface area contributed by atoms with Crippen LogP contribution >= 0.6 is 0 Å². The van der Waals surface area contributed by atoms with Crippen LogP contribution in [0, 0.1) is 5.92 Å². The van der Waals surface area contributed by atoms with Crippen LogP contribution in [0.4, 0.5) is 13.2 Å². The maximum Gasteiger partial charge on any atom is 0.393 e. The van der Waals surface area contributed by atoms with E-state index in [0.717, 1.165) is 0 Å². The van der Waals surface area contributed by atoms with Gasteiger partial charge in [-0.3, -0.25) is 0 Å². The van der Waals surface area contributed by atoms with Gasteiger partial charge in [0.05, 0.1) is 5.92 Å². The van der Waals surface area contributed by atoms with Crippen LogP contribution in [0.2, 0.25) is 0 Å². The van der Waals surface area contributed by atoms with Crippen molar-refractivity contribution in [2.45, 2.75) is 25.1 Å². The molecule has 1 heterocycles. The van der Waals surface area contributed by atoms with Gasteiger partial charge in [-0.25, -0.2) is 0 Å². The molecule has 1 aliphatic heterocycles. The molecule has 1 aliphatic rings. The largest absolute Gasteiger partial charge is 0.393 e. The summed E-state index contributed by atoms with van der Waals surface area (Å²) in [5.41, 5.74) is 0. The van der Waals surface area contributed by atoms with Crippen molar-refractivity contribution in [3.63, 3.8) is 0 Å². The van der Waals surface area contributed by atoms with Crippen LogP contribution in [-0.2, 0) is 0 Å². The van der Waals surface area contributed by atoms with Crippen molar-refractivity contribution in [2.24, 2.45) is 5.92 Å². The number of alkyl halides is 3. The Morgan fingerprint density at radius 3 is 2.50 bits per heavy atom. The lowest BCUT2D eigenvalue weighted by Gasteiger charge is -2.23. The summed E-state index contributed by atoms with van der Waals surface area (Å²) in [6.07, 6.45) is -3.25. The lowest BCUT2D eigenvalue weighted by molar-refractivity contribution is -0.176. The summed E-state index contributed by atoms with van der Waals surface area (Å²) >= 11 is 0. The Morgan fingerprint density at radius 2 is 2.00 bits per heavy atom. The summed E-state index contributed by atoms with van der Waals surface area (Å²) in [5, 5.41) is 2.92. The van der Waals surface area contributed by atoms with Crippen LogP contribution in [0.1, 0.15) is 12.8 Å². The van der Waals surface area contributed by atoms with E-state index in [-0.39, 0.29) is 6.42 Å². The van der Waals surface area contributed by atoms with E-state index in [0.29, 0.717) is 19.5 Å². The van der Waals surface area contributed by atoms with Crippen LogP contribution < -0.4 is 5.32 Å². The molecule has 2 atom stereocenters. The summed E-state index contributed by atoms with van der Waals surface area (Å²) in [6, 6.07) is -0.391. The molecule has 2 nitrogen and oxygen atoms in total. The molecule has 0 aliphatic carbocycles. The molecule has 84 valence electrons. The second-order valence-corrected chi connectivity index (χ2v) is 4.09. The fraction of sp³-hybridized carbons (Fsp3) is 1.00. The van der Waals surface area contributed by atoms with Gasteiger partial charge in [-0.15, -0.1) is 0 Å². The summed E-state index contributed by atoms with van der Waals surface area (Å²) in [6.45, 7) is 1.19. The summed E-state index contributed by atoms with van der Waals surface area (Å²) in [5.74, 6) is -1.15. The zero-order valence-corrected chi connectivity index (χ0v) is 8.56. The normalized spacial score (nSPS) is 28.7. The Hall–Kier alpha value is -0.290. The Labute approximate surface area is 82.5 Å². The van der Waals surface area contributed by atoms with Gasteiger partial charge < -0.3 is 10.2 Å². The van der Waals surface area contributed by atoms with Crippen molar-refractivity contribution in [3.05, 3.63) is 0 Å². The summed E-state index contributed by atoms with van der Waals surface area (Å²) < 4.78 is 37.4. The van der Waals surface area contributed by atoms with Gasteiger partial charge in [-0.05, 0) is 40.0 Å². The van der Waals surface area contributed by atoms with Gasteiger partial charge in [0.2, 0.25) is 0 Å². The SMILES string of the molecule is CN(C)CCC1NCCC1C(F)(F)F. The molecule has 1 rings (SSSR count). The fourth-order valence-corrected chi connectivity index (χ4v) is 1.86. The van der Waals surface area contributed by atoms with Crippen molar-refractivity contribution in [1.82, 2.24) is 10.2 Å². The number of rotatable bonds is 3. The molecule has 0 radical (unpaired) electrons. The average molecular weight is 210 g/mol. The van der Waals surface area contributed by atoms with Gasteiger partial charge in [-0.2, -0.15) is 13.2 Å². The predicted octanol–water partition coefficient (Wildman–Crippen LogP) is 1.48. The minimum absolute atomic E-state index is 0.224. The predicted molar refractivity (Wildman–Crippen MR) is 49.1 cm³/mol. The molecule has 0 aromatic heterocycles. The van der Waals surface area contributed by atoms with Crippen LogP contribution in [-0.4, -0.2) is 44.3 Å². The zero-order valence-electron chi connectivity index (χ0n) is 8.56. The van der Waals surface area contributed by atoms with Crippen LogP contribution in [0.3, 0.4) is 0 Å². The third kappa shape index (κ3) is 3.13. The van der Waals surface area contributed by atoms with Gasteiger partial charge in [0.15, 0.2) is 0 Å². The summed E-state index contributed by atoms with van der Waals surface area (Å²) in [7, 11) is 3.75. The Balaban J connectivity index is 2.43. The van der Waals surface area contributed by atoms with Gasteiger partial charge >= 0.3 is 6.18 Å². The van der Waals surface area contributed by atoms with Crippen LogP contribution in [0.25, 0.3) is 0 Å². The van der Waals surface area contributed by atoms with E-state index in [1.54, 1.807) is 0 Å². The molecule has 0 saturated carbocycles. The van der Waals surface area contributed by atoms with Gasteiger partial charge in [-0.1, -0.05) is 0 Å². The van der Waals surface area contributed by atoms with Gasteiger partial charge in [0, 0.05) is 6.04 Å². The molecular weight excluding hydrogens is 193 g/mol. The highest BCUT2D eigenvalue weighted by Crippen LogP contribution is 2.35. The minimum atomic E-state index is -4.04. The Morgan fingerprint density at radius 1 is 1.36 bits per heavy atom. The maximum atomic E-state index is 12.5. The Bertz CT molecular complexity index is 179. The first-order chi connectivity index (χ1) is 6.41. The van der Waals surface area contributed by atoms with Crippen LogP contribution in [0.5, 0.6) is 0 Å². The van der Waals surface area contributed by atoms with Crippen molar-refractivity contribution in [1.29, 1.82) is 0 Å². The summed E-state index contributed by atoms with van der Waals surface area (Å²) in [4.78, 5) is 1.91. The average Bonchev–Trinajstić information content (AvgIpc) is 2.46. The van der Waals surface area contributed by atoms with Crippen LogP contribution in [0.15, 0.2) is 0 Å². The van der Waals surface area contributed by atoms with E-state index in [9.17, 15) is 13.2 Å². The first-order valence-electron chi connectivity index (χ1n) is 4.86. The lowest BCUT2D eigenvalue weighted by atomic mass is 9.97. The molecule has 0 aromatic rings. The highest BCUT2D eigenvalue weighted by molar-refractivity contribution is 4.88. The zero-order chi connectivity index (χ0) is 10.8. The standard InChI is InChI=1S/C9H17F3N2/c1-14(2)6-4-8-7(3-5-13-8)9(10,11)12/h7-8,13H,3-6H2,1-2H3.